The molecule has 1 saturated heterocycles. The van der Waals surface area contributed by atoms with Crippen LogP contribution in [0.15, 0.2) is 17.1 Å². The summed E-state index contributed by atoms with van der Waals surface area (Å²) < 4.78 is 5.25. The summed E-state index contributed by atoms with van der Waals surface area (Å²) in [4.78, 5) is 30.8. The van der Waals surface area contributed by atoms with Gasteiger partial charge in [0.15, 0.2) is 5.96 Å². The molecular weight excluding hydrogens is 320 g/mol. The molecule has 2 fully saturated rings. The van der Waals surface area contributed by atoms with Crippen molar-refractivity contribution in [1.29, 1.82) is 0 Å². The number of aliphatic imine (C=N–C) groups is 1. The Morgan fingerprint density at radius 2 is 1.96 bits per heavy atom. The molecule has 138 valence electrons. The first-order valence-corrected chi connectivity index (χ1v) is 9.28. The molecule has 25 heavy (non-hydrogen) atoms. The van der Waals surface area contributed by atoms with Gasteiger partial charge in [0.05, 0.1) is 11.8 Å². The number of likely N-dealkylation sites (tertiary alicyclic amines) is 1. The second kappa shape index (κ2) is 7.99. The molecule has 2 bridgehead atoms. The monoisotopic (exact) mass is 348 g/mol. The van der Waals surface area contributed by atoms with Gasteiger partial charge >= 0.3 is 0 Å². The highest BCUT2D eigenvalue weighted by atomic mass is 16.5. The number of amides is 2. The van der Waals surface area contributed by atoms with Crippen molar-refractivity contribution in [3.8, 4) is 0 Å². The zero-order chi connectivity index (χ0) is 17.8. The molecule has 3 rings (SSSR count). The number of guanidine groups is 1. The zero-order valence-corrected chi connectivity index (χ0v) is 14.8. The van der Waals surface area contributed by atoms with Crippen LogP contribution in [-0.2, 0) is 14.3 Å². The summed E-state index contributed by atoms with van der Waals surface area (Å²) in [7, 11) is 0. The number of hydrogen-bond donors (Lipinski definition) is 2. The Morgan fingerprint density at radius 1 is 1.28 bits per heavy atom. The van der Waals surface area contributed by atoms with Gasteiger partial charge in [-0.1, -0.05) is 12.2 Å². The number of allylic oxidation sites excluding steroid dienone is 2. The molecule has 1 saturated carbocycles. The topological polar surface area (TPSA) is 97.0 Å². The number of nitrogens with two attached hydrogens (primary N) is 1. The largest absolute Gasteiger partial charge is 0.382 e. The summed E-state index contributed by atoms with van der Waals surface area (Å²) in [5, 5.41) is 3.03. The molecule has 1 aliphatic heterocycles. The number of nitrogens with zero attached hydrogens (tertiary/aromatic N) is 2. The molecule has 2 amide bonds. The van der Waals surface area contributed by atoms with E-state index in [9.17, 15) is 9.59 Å². The lowest BCUT2D eigenvalue weighted by atomic mass is 9.85. The molecule has 0 aromatic rings. The Labute approximate surface area is 148 Å². The van der Waals surface area contributed by atoms with E-state index in [1.165, 1.54) is 4.90 Å². The normalized spacial score (nSPS) is 30.4. The molecule has 4 unspecified atom stereocenters. The Morgan fingerprint density at radius 3 is 2.60 bits per heavy atom. The number of carbonyl (C=O) groups is 2. The number of imide groups is 1. The summed E-state index contributed by atoms with van der Waals surface area (Å²) in [5.41, 5.74) is 5.80. The predicted molar refractivity (Wildman–Crippen MR) is 94.7 cm³/mol. The fraction of sp³-hybridized carbons (Fsp3) is 0.722. The lowest BCUT2D eigenvalue weighted by molar-refractivity contribution is -0.140. The third-order valence-corrected chi connectivity index (χ3v) is 5.36. The van der Waals surface area contributed by atoms with E-state index < -0.39 is 0 Å². The van der Waals surface area contributed by atoms with Gasteiger partial charge < -0.3 is 15.8 Å². The molecule has 4 atom stereocenters. The van der Waals surface area contributed by atoms with Crippen LogP contribution in [0.2, 0.25) is 0 Å². The number of ether oxygens (including phenoxy) is 1. The predicted octanol–water partition coefficient (Wildman–Crippen LogP) is 0.515. The van der Waals surface area contributed by atoms with Gasteiger partial charge in [-0.15, -0.1) is 0 Å². The Balaban J connectivity index is 1.37. The molecule has 3 aliphatic rings. The average Bonchev–Trinajstić information content (AvgIpc) is 3.27. The van der Waals surface area contributed by atoms with Crippen LogP contribution in [0.3, 0.4) is 0 Å². The van der Waals surface area contributed by atoms with Crippen molar-refractivity contribution in [3.05, 3.63) is 12.2 Å². The van der Waals surface area contributed by atoms with Crippen molar-refractivity contribution in [2.75, 3.05) is 32.8 Å². The standard InChI is InChI=1S/C18H28N4O3/c1-2-25-10-4-8-21-18(19)20-7-3-9-22-16(23)14-12-5-6-13(11-12)15(14)17(22)24/h5-6,12-15H,2-4,7-11H2,1H3,(H3,19,20,21). The van der Waals surface area contributed by atoms with Crippen molar-refractivity contribution in [2.45, 2.75) is 26.2 Å². The van der Waals surface area contributed by atoms with Crippen LogP contribution >= 0.6 is 0 Å². The van der Waals surface area contributed by atoms with Gasteiger partial charge in [0.25, 0.3) is 0 Å². The van der Waals surface area contributed by atoms with Crippen LogP contribution in [0, 0.1) is 23.7 Å². The molecule has 3 N–H and O–H groups in total. The van der Waals surface area contributed by atoms with E-state index in [0.717, 1.165) is 26.0 Å². The van der Waals surface area contributed by atoms with E-state index in [4.69, 9.17) is 10.5 Å². The summed E-state index contributed by atoms with van der Waals surface area (Å²) in [6, 6.07) is 0. The highest BCUT2D eigenvalue weighted by Gasteiger charge is 2.58. The van der Waals surface area contributed by atoms with E-state index in [2.05, 4.69) is 22.5 Å². The SMILES string of the molecule is CCOCCCNC(N)=NCCCN1C(=O)C2C3C=CC(C3)C2C1=O. The average molecular weight is 348 g/mol. The molecule has 0 aromatic carbocycles. The van der Waals surface area contributed by atoms with Gasteiger partial charge in [-0.3, -0.25) is 19.5 Å². The number of rotatable bonds is 9. The van der Waals surface area contributed by atoms with Crippen LogP contribution in [0.5, 0.6) is 0 Å². The van der Waals surface area contributed by atoms with Crippen LogP contribution in [-0.4, -0.2) is 55.5 Å². The van der Waals surface area contributed by atoms with Crippen LogP contribution < -0.4 is 11.1 Å². The first-order chi connectivity index (χ1) is 12.1. The van der Waals surface area contributed by atoms with Crippen molar-refractivity contribution in [1.82, 2.24) is 10.2 Å². The lowest BCUT2D eigenvalue weighted by Gasteiger charge is -2.16. The fourth-order valence-corrected chi connectivity index (χ4v) is 4.20. The molecule has 2 aliphatic carbocycles. The second-order valence-corrected chi connectivity index (χ2v) is 6.93. The molecule has 1 heterocycles. The maximum absolute atomic E-state index is 12.5. The number of hydrogen-bond acceptors (Lipinski definition) is 4. The minimum Gasteiger partial charge on any atom is -0.382 e. The minimum atomic E-state index is -0.108. The number of carbonyl (C=O) groups excluding carboxylic acids is 2. The maximum Gasteiger partial charge on any atom is 0.233 e. The number of nitrogens with one attached hydrogen (secondary N) is 1. The van der Waals surface area contributed by atoms with Gasteiger partial charge in [-0.2, -0.15) is 0 Å². The van der Waals surface area contributed by atoms with Crippen molar-refractivity contribution < 1.29 is 14.3 Å². The third kappa shape index (κ3) is 3.71. The first kappa shape index (κ1) is 17.9. The van der Waals surface area contributed by atoms with E-state index >= 15 is 0 Å². The molecule has 0 aromatic heterocycles. The van der Waals surface area contributed by atoms with Crippen molar-refractivity contribution >= 4 is 17.8 Å². The Bertz CT molecular complexity index is 545. The third-order valence-electron chi connectivity index (χ3n) is 5.36. The van der Waals surface area contributed by atoms with Gasteiger partial charge in [0.2, 0.25) is 11.8 Å². The summed E-state index contributed by atoms with van der Waals surface area (Å²) in [5.74, 6) is 0.744. The van der Waals surface area contributed by atoms with E-state index in [0.29, 0.717) is 32.1 Å². The van der Waals surface area contributed by atoms with Gasteiger partial charge in [0.1, 0.15) is 0 Å². The minimum absolute atomic E-state index is 0.0119. The van der Waals surface area contributed by atoms with Gasteiger partial charge in [-0.05, 0) is 38.0 Å². The summed E-state index contributed by atoms with van der Waals surface area (Å²) in [6.07, 6.45) is 6.71. The molecule has 7 heteroatoms. The van der Waals surface area contributed by atoms with Gasteiger partial charge in [0, 0.05) is 32.8 Å². The van der Waals surface area contributed by atoms with Crippen molar-refractivity contribution in [2.24, 2.45) is 34.4 Å². The highest BCUT2D eigenvalue weighted by molar-refractivity contribution is 6.06. The van der Waals surface area contributed by atoms with Crippen LogP contribution in [0.1, 0.15) is 26.2 Å². The molecular formula is C18H28N4O3. The van der Waals surface area contributed by atoms with E-state index in [-0.39, 0.29) is 35.5 Å². The van der Waals surface area contributed by atoms with Crippen LogP contribution in [0.4, 0.5) is 0 Å². The Kier molecular flexibility index (Phi) is 5.73. The Hall–Kier alpha value is -1.89. The van der Waals surface area contributed by atoms with Gasteiger partial charge in [-0.25, -0.2) is 0 Å². The van der Waals surface area contributed by atoms with E-state index in [1.54, 1.807) is 0 Å². The summed E-state index contributed by atoms with van der Waals surface area (Å²) in [6.45, 7) is 5.05. The number of fused-ring (bicyclic) bond motifs is 5. The maximum atomic E-state index is 12.5. The van der Waals surface area contributed by atoms with Crippen molar-refractivity contribution in [3.63, 3.8) is 0 Å². The lowest BCUT2D eigenvalue weighted by Crippen LogP contribution is -2.35. The first-order valence-electron chi connectivity index (χ1n) is 9.28. The fourth-order valence-electron chi connectivity index (χ4n) is 4.20. The molecule has 0 radical (unpaired) electrons. The molecule has 0 spiro atoms. The zero-order valence-electron chi connectivity index (χ0n) is 14.8. The molecule has 7 nitrogen and oxygen atoms in total. The second-order valence-electron chi connectivity index (χ2n) is 6.93. The smallest absolute Gasteiger partial charge is 0.233 e. The van der Waals surface area contributed by atoms with Crippen LogP contribution in [0.25, 0.3) is 0 Å². The van der Waals surface area contributed by atoms with E-state index in [1.807, 2.05) is 6.92 Å². The summed E-state index contributed by atoms with van der Waals surface area (Å²) >= 11 is 0. The quantitative estimate of drug-likeness (QED) is 0.208. The highest BCUT2D eigenvalue weighted by Crippen LogP contribution is 2.52.